The molecule has 1 heterocycles. The van der Waals surface area contributed by atoms with Crippen molar-refractivity contribution in [3.05, 3.63) is 99.6 Å². The summed E-state index contributed by atoms with van der Waals surface area (Å²) in [6, 6.07) is 20.4. The number of hydrogen-bond acceptors (Lipinski definition) is 3. The quantitative estimate of drug-likeness (QED) is 0.360. The molecule has 0 aliphatic heterocycles. The summed E-state index contributed by atoms with van der Waals surface area (Å²) in [5.41, 5.74) is 5.07. The van der Waals surface area contributed by atoms with Gasteiger partial charge >= 0.3 is 6.03 Å². The highest BCUT2D eigenvalue weighted by atomic mass is 16.2. The maximum absolute atomic E-state index is 13.7. The van der Waals surface area contributed by atoms with E-state index in [4.69, 9.17) is 4.98 Å². The van der Waals surface area contributed by atoms with Crippen LogP contribution in [0.4, 0.5) is 10.5 Å². The molecule has 1 aromatic heterocycles. The molecule has 1 unspecified atom stereocenters. The number of nitrogens with one attached hydrogen (secondary N) is 1. The van der Waals surface area contributed by atoms with Crippen LogP contribution in [0, 0.1) is 20.8 Å². The van der Waals surface area contributed by atoms with Gasteiger partial charge in [0, 0.05) is 12.2 Å². The van der Waals surface area contributed by atoms with Crippen molar-refractivity contribution in [1.29, 1.82) is 0 Å². The number of fused-ring (bicyclic) bond motifs is 1. The van der Waals surface area contributed by atoms with E-state index >= 15 is 0 Å². The maximum atomic E-state index is 13.7. The van der Waals surface area contributed by atoms with Crippen LogP contribution in [-0.2, 0) is 0 Å². The molecule has 0 aliphatic carbocycles. The third-order valence-corrected chi connectivity index (χ3v) is 6.34. The van der Waals surface area contributed by atoms with Crippen molar-refractivity contribution >= 4 is 22.6 Å². The normalized spacial score (nSPS) is 11.9. The summed E-state index contributed by atoms with van der Waals surface area (Å²) in [5.74, 6) is 0.532. The van der Waals surface area contributed by atoms with Crippen molar-refractivity contribution in [2.75, 3.05) is 11.9 Å². The van der Waals surface area contributed by atoms with Crippen LogP contribution >= 0.6 is 0 Å². The molecule has 6 nitrogen and oxygen atoms in total. The molecule has 2 amide bonds. The minimum Gasteiger partial charge on any atom is -0.315 e. The molecule has 0 saturated heterocycles. The van der Waals surface area contributed by atoms with Crippen LogP contribution in [0.3, 0.4) is 0 Å². The molecule has 1 atom stereocenters. The number of amides is 2. The molecule has 0 bridgehead atoms. The van der Waals surface area contributed by atoms with E-state index in [0.717, 1.165) is 34.5 Å². The highest BCUT2D eigenvalue weighted by Gasteiger charge is 2.27. The molecule has 0 saturated carbocycles. The Balaban J connectivity index is 1.85. The van der Waals surface area contributed by atoms with Crippen LogP contribution in [0.1, 0.15) is 48.8 Å². The van der Waals surface area contributed by atoms with Crippen molar-refractivity contribution in [3.63, 3.8) is 0 Å². The first-order valence-electron chi connectivity index (χ1n) is 12.0. The number of hydrogen-bond donors (Lipinski definition) is 1. The number of carbonyl (C=O) groups excluding carboxylic acids is 1. The second-order valence-corrected chi connectivity index (χ2v) is 9.03. The van der Waals surface area contributed by atoms with Crippen LogP contribution in [0.25, 0.3) is 16.6 Å². The van der Waals surface area contributed by atoms with Gasteiger partial charge in [-0.25, -0.2) is 9.78 Å². The molecule has 3 aromatic carbocycles. The summed E-state index contributed by atoms with van der Waals surface area (Å²) in [4.78, 5) is 33.9. The largest absolute Gasteiger partial charge is 0.322 e. The first kappa shape index (κ1) is 24.2. The lowest BCUT2D eigenvalue weighted by molar-refractivity contribution is 0.189. The molecule has 35 heavy (non-hydrogen) atoms. The minimum absolute atomic E-state index is 0.144. The molecular formula is C29H32N4O2. The van der Waals surface area contributed by atoms with Crippen molar-refractivity contribution in [3.8, 4) is 5.69 Å². The average Bonchev–Trinajstić information content (AvgIpc) is 2.84. The summed E-state index contributed by atoms with van der Waals surface area (Å²) in [7, 11) is 0. The number of benzene rings is 3. The smallest absolute Gasteiger partial charge is 0.315 e. The average molecular weight is 469 g/mol. The Bertz CT molecular complexity index is 1420. The Hall–Kier alpha value is -3.93. The maximum Gasteiger partial charge on any atom is 0.322 e. The molecule has 0 aliphatic rings. The van der Waals surface area contributed by atoms with Gasteiger partial charge in [0.15, 0.2) is 0 Å². The van der Waals surface area contributed by atoms with Crippen LogP contribution in [0.2, 0.25) is 0 Å². The van der Waals surface area contributed by atoms with Crippen LogP contribution < -0.4 is 10.9 Å². The number of nitrogens with zero attached hydrogens (tertiary/aromatic N) is 3. The second-order valence-electron chi connectivity index (χ2n) is 9.03. The van der Waals surface area contributed by atoms with Gasteiger partial charge in [0.25, 0.3) is 5.56 Å². The number of para-hydroxylation sites is 2. The lowest BCUT2D eigenvalue weighted by Crippen LogP contribution is -2.40. The van der Waals surface area contributed by atoms with Crippen molar-refractivity contribution < 1.29 is 4.79 Å². The number of anilines is 1. The van der Waals surface area contributed by atoms with Gasteiger partial charge in [-0.1, -0.05) is 49.4 Å². The van der Waals surface area contributed by atoms with Crippen LogP contribution in [-0.4, -0.2) is 27.0 Å². The molecule has 4 aromatic rings. The predicted molar refractivity (Wildman–Crippen MR) is 142 cm³/mol. The van der Waals surface area contributed by atoms with Crippen molar-refractivity contribution in [2.45, 2.75) is 47.1 Å². The molecule has 6 heteroatoms. The van der Waals surface area contributed by atoms with Crippen molar-refractivity contribution in [1.82, 2.24) is 14.5 Å². The van der Waals surface area contributed by atoms with Gasteiger partial charge in [0.1, 0.15) is 5.82 Å². The van der Waals surface area contributed by atoms with Crippen molar-refractivity contribution in [2.24, 2.45) is 0 Å². The molecule has 180 valence electrons. The van der Waals surface area contributed by atoms with Crippen LogP contribution in [0.5, 0.6) is 0 Å². The Kier molecular flexibility index (Phi) is 7.01. The molecule has 4 rings (SSSR count). The highest BCUT2D eigenvalue weighted by molar-refractivity contribution is 5.91. The fraction of sp³-hybridized carbons (Fsp3) is 0.276. The van der Waals surface area contributed by atoms with E-state index in [0.29, 0.717) is 23.3 Å². The zero-order chi connectivity index (χ0) is 25.1. The Labute approximate surface area is 206 Å². The van der Waals surface area contributed by atoms with E-state index in [1.165, 1.54) is 0 Å². The number of carbonyl (C=O) groups is 1. The van der Waals surface area contributed by atoms with Gasteiger partial charge < -0.3 is 10.2 Å². The van der Waals surface area contributed by atoms with E-state index in [-0.39, 0.29) is 11.6 Å². The molecular weight excluding hydrogens is 436 g/mol. The fourth-order valence-corrected chi connectivity index (χ4v) is 4.49. The van der Waals surface area contributed by atoms with E-state index in [2.05, 4.69) is 5.32 Å². The van der Waals surface area contributed by atoms with Gasteiger partial charge in [-0.15, -0.1) is 0 Å². The molecule has 0 spiro atoms. The Morgan fingerprint density at radius 2 is 1.69 bits per heavy atom. The highest BCUT2D eigenvalue weighted by Crippen LogP contribution is 2.26. The first-order valence-corrected chi connectivity index (χ1v) is 12.0. The number of aryl methyl sites for hydroxylation is 3. The number of aromatic nitrogens is 2. The second kappa shape index (κ2) is 10.1. The third-order valence-electron chi connectivity index (χ3n) is 6.34. The lowest BCUT2D eigenvalue weighted by atomic mass is 10.1. The zero-order valence-corrected chi connectivity index (χ0v) is 21.0. The fourth-order valence-electron chi connectivity index (χ4n) is 4.49. The van der Waals surface area contributed by atoms with E-state index < -0.39 is 6.04 Å². The first-order chi connectivity index (χ1) is 16.8. The summed E-state index contributed by atoms with van der Waals surface area (Å²) < 4.78 is 1.65. The lowest BCUT2D eigenvalue weighted by Gasteiger charge is -2.31. The number of urea groups is 1. The molecule has 1 N–H and O–H groups in total. The summed E-state index contributed by atoms with van der Waals surface area (Å²) >= 11 is 0. The van der Waals surface area contributed by atoms with Gasteiger partial charge in [-0.3, -0.25) is 9.36 Å². The van der Waals surface area contributed by atoms with E-state index in [1.807, 2.05) is 95.3 Å². The topological polar surface area (TPSA) is 67.2 Å². The summed E-state index contributed by atoms with van der Waals surface area (Å²) in [6.07, 6.45) is 0.771. The van der Waals surface area contributed by atoms with E-state index in [9.17, 15) is 9.59 Å². The third kappa shape index (κ3) is 4.83. The molecule has 0 radical (unpaired) electrons. The Morgan fingerprint density at radius 1 is 1.00 bits per heavy atom. The SMILES string of the molecule is CCCN(C(=O)Nc1c(C)cccc1C)C(C)c1nc2ccccc2c(=O)n1-c1cccc(C)c1. The van der Waals surface area contributed by atoms with Crippen LogP contribution in [0.15, 0.2) is 71.5 Å². The monoisotopic (exact) mass is 468 g/mol. The minimum atomic E-state index is -0.447. The standard InChI is InChI=1S/C29H32N4O2/c1-6-17-32(29(35)31-26-20(3)12-10-13-21(26)4)22(5)27-30-25-16-8-7-15-24(25)28(34)33(27)23-14-9-11-19(2)18-23/h7-16,18,22H,6,17H2,1-5H3,(H,31,35). The molecule has 0 fully saturated rings. The zero-order valence-electron chi connectivity index (χ0n) is 21.0. The van der Waals surface area contributed by atoms with Gasteiger partial charge in [-0.05, 0) is 75.1 Å². The Morgan fingerprint density at radius 3 is 2.37 bits per heavy atom. The summed E-state index contributed by atoms with van der Waals surface area (Å²) in [5, 5.41) is 3.65. The summed E-state index contributed by atoms with van der Waals surface area (Å²) in [6.45, 7) is 10.4. The number of rotatable bonds is 6. The van der Waals surface area contributed by atoms with E-state index in [1.54, 1.807) is 15.5 Å². The predicted octanol–water partition coefficient (Wildman–Crippen LogP) is 6.32. The van der Waals surface area contributed by atoms with Gasteiger partial charge in [0.2, 0.25) is 0 Å². The van der Waals surface area contributed by atoms with Gasteiger partial charge in [0.05, 0.1) is 22.6 Å². The van der Waals surface area contributed by atoms with Gasteiger partial charge in [-0.2, -0.15) is 0 Å².